The van der Waals surface area contributed by atoms with Crippen LogP contribution in [0.25, 0.3) is 10.9 Å². The number of para-hydroxylation sites is 1. The van der Waals surface area contributed by atoms with E-state index < -0.39 is 0 Å². The number of amides is 3. The topological polar surface area (TPSA) is 103 Å². The number of hydrazine groups is 1. The van der Waals surface area contributed by atoms with E-state index in [0.717, 1.165) is 22.0 Å². The predicted octanol–water partition coefficient (Wildman–Crippen LogP) is 2.06. The number of aromatic amines is 1. The lowest BCUT2D eigenvalue weighted by molar-refractivity contribution is -0.128. The van der Waals surface area contributed by atoms with E-state index in [4.69, 9.17) is 0 Å². The van der Waals surface area contributed by atoms with Crippen molar-refractivity contribution in [1.29, 1.82) is 0 Å². The van der Waals surface area contributed by atoms with Crippen LogP contribution in [0.3, 0.4) is 0 Å². The molecule has 1 heterocycles. The Balaban J connectivity index is 1.48. The molecule has 0 unspecified atom stereocenters. The number of carbonyl (C=O) groups excluding carboxylic acids is 3. The number of nitrogens with one attached hydrogen (secondary N) is 4. The van der Waals surface area contributed by atoms with Gasteiger partial charge in [-0.3, -0.25) is 25.2 Å². The van der Waals surface area contributed by atoms with E-state index in [2.05, 4.69) is 21.2 Å². The van der Waals surface area contributed by atoms with E-state index in [9.17, 15) is 14.4 Å². The predicted molar refractivity (Wildman–Crippen MR) is 103 cm³/mol. The van der Waals surface area contributed by atoms with Crippen molar-refractivity contribution in [3.8, 4) is 0 Å². The fourth-order valence-corrected chi connectivity index (χ4v) is 2.77. The molecule has 1 aromatic heterocycles. The van der Waals surface area contributed by atoms with E-state index in [1.165, 1.54) is 6.92 Å². The zero-order valence-corrected chi connectivity index (χ0v) is 14.8. The molecule has 27 heavy (non-hydrogen) atoms. The molecule has 0 aliphatic heterocycles. The molecule has 0 aliphatic carbocycles. The van der Waals surface area contributed by atoms with Crippen molar-refractivity contribution in [2.75, 3.05) is 5.32 Å². The first-order valence-electron chi connectivity index (χ1n) is 8.50. The van der Waals surface area contributed by atoms with Gasteiger partial charge in [0.25, 0.3) is 0 Å². The minimum Gasteiger partial charge on any atom is -0.361 e. The van der Waals surface area contributed by atoms with Crippen molar-refractivity contribution < 1.29 is 14.4 Å². The van der Waals surface area contributed by atoms with Crippen LogP contribution in [0.4, 0.5) is 5.69 Å². The zero-order valence-electron chi connectivity index (χ0n) is 14.8. The first-order valence-corrected chi connectivity index (χ1v) is 8.50. The highest BCUT2D eigenvalue weighted by Gasteiger charge is 2.10. The Morgan fingerprint density at radius 2 is 1.56 bits per heavy atom. The smallest absolute Gasteiger partial charge is 0.242 e. The van der Waals surface area contributed by atoms with Crippen molar-refractivity contribution in [3.05, 3.63) is 65.9 Å². The lowest BCUT2D eigenvalue weighted by atomic mass is 10.1. The molecule has 0 spiro atoms. The van der Waals surface area contributed by atoms with Crippen LogP contribution in [0.2, 0.25) is 0 Å². The minimum absolute atomic E-state index is 0.119. The van der Waals surface area contributed by atoms with Gasteiger partial charge in [0.15, 0.2) is 0 Å². The quantitative estimate of drug-likeness (QED) is 0.521. The maximum atomic E-state index is 12.1. The standard InChI is InChI=1S/C20H20N4O3/c1-13(25)22-16-8-6-14(7-9-16)10-19(26)23-24-20(27)11-15-12-21-18-5-3-2-4-17(15)18/h2-9,12,21H,10-11H2,1H3,(H,22,25)(H,23,26)(H,24,27). The van der Waals surface area contributed by atoms with Crippen molar-refractivity contribution in [2.45, 2.75) is 19.8 Å². The lowest BCUT2D eigenvalue weighted by Gasteiger charge is -2.08. The van der Waals surface area contributed by atoms with Crippen LogP contribution in [0.5, 0.6) is 0 Å². The van der Waals surface area contributed by atoms with E-state index in [-0.39, 0.29) is 30.6 Å². The van der Waals surface area contributed by atoms with Crippen LogP contribution >= 0.6 is 0 Å². The third-order valence-corrected chi connectivity index (χ3v) is 4.01. The van der Waals surface area contributed by atoms with Gasteiger partial charge in [-0.2, -0.15) is 0 Å². The Bertz CT molecular complexity index is 976. The van der Waals surface area contributed by atoms with Crippen molar-refractivity contribution in [3.63, 3.8) is 0 Å². The van der Waals surface area contributed by atoms with Crippen molar-refractivity contribution >= 4 is 34.3 Å². The summed E-state index contributed by atoms with van der Waals surface area (Å²) in [6.45, 7) is 1.43. The van der Waals surface area contributed by atoms with Gasteiger partial charge >= 0.3 is 0 Å². The number of benzene rings is 2. The summed E-state index contributed by atoms with van der Waals surface area (Å²) in [5.74, 6) is -0.776. The van der Waals surface area contributed by atoms with Gasteiger partial charge in [-0.15, -0.1) is 0 Å². The average Bonchev–Trinajstić information content (AvgIpc) is 3.04. The first-order chi connectivity index (χ1) is 13.0. The Hall–Kier alpha value is -3.61. The molecule has 7 nitrogen and oxygen atoms in total. The van der Waals surface area contributed by atoms with Gasteiger partial charge in [0.05, 0.1) is 12.8 Å². The lowest BCUT2D eigenvalue weighted by Crippen LogP contribution is -2.43. The highest BCUT2D eigenvalue weighted by molar-refractivity contribution is 5.90. The first kappa shape index (κ1) is 18.2. The number of carbonyl (C=O) groups is 3. The van der Waals surface area contributed by atoms with Gasteiger partial charge < -0.3 is 10.3 Å². The van der Waals surface area contributed by atoms with Gasteiger partial charge in [-0.05, 0) is 29.3 Å². The molecular weight excluding hydrogens is 344 g/mol. The second-order valence-corrected chi connectivity index (χ2v) is 6.19. The summed E-state index contributed by atoms with van der Waals surface area (Å²) >= 11 is 0. The minimum atomic E-state index is -0.324. The molecule has 2 aromatic carbocycles. The highest BCUT2D eigenvalue weighted by atomic mass is 16.2. The molecule has 138 valence electrons. The highest BCUT2D eigenvalue weighted by Crippen LogP contribution is 2.17. The number of anilines is 1. The summed E-state index contributed by atoms with van der Waals surface area (Å²) in [5.41, 5.74) is 8.12. The Morgan fingerprint density at radius 3 is 2.26 bits per heavy atom. The summed E-state index contributed by atoms with van der Waals surface area (Å²) in [4.78, 5) is 38.2. The summed E-state index contributed by atoms with van der Waals surface area (Å²) in [5, 5.41) is 3.64. The second kappa shape index (κ2) is 8.18. The van der Waals surface area contributed by atoms with E-state index in [1.54, 1.807) is 30.5 Å². The average molecular weight is 364 g/mol. The largest absolute Gasteiger partial charge is 0.361 e. The summed E-state index contributed by atoms with van der Waals surface area (Å²) in [6, 6.07) is 14.7. The molecule has 3 rings (SSSR count). The van der Waals surface area contributed by atoms with Gasteiger partial charge in [0.1, 0.15) is 0 Å². The molecule has 0 bridgehead atoms. The fourth-order valence-electron chi connectivity index (χ4n) is 2.77. The van der Waals surface area contributed by atoms with Crippen LogP contribution in [0, 0.1) is 0 Å². The SMILES string of the molecule is CC(=O)Nc1ccc(CC(=O)NNC(=O)Cc2c[nH]c3ccccc23)cc1. The second-order valence-electron chi connectivity index (χ2n) is 6.19. The molecule has 3 aromatic rings. The number of hydrogen-bond acceptors (Lipinski definition) is 3. The molecule has 0 saturated heterocycles. The Morgan fingerprint density at radius 1 is 0.889 bits per heavy atom. The summed E-state index contributed by atoms with van der Waals surface area (Å²) < 4.78 is 0. The molecule has 0 aliphatic rings. The Labute approximate surface area is 156 Å². The number of H-pyrrole nitrogens is 1. The van der Waals surface area contributed by atoms with E-state index >= 15 is 0 Å². The summed E-state index contributed by atoms with van der Waals surface area (Å²) in [6.07, 6.45) is 2.08. The van der Waals surface area contributed by atoms with Crippen LogP contribution in [-0.4, -0.2) is 22.7 Å². The molecule has 7 heteroatoms. The van der Waals surface area contributed by atoms with Crippen LogP contribution in [-0.2, 0) is 27.2 Å². The van der Waals surface area contributed by atoms with E-state index in [1.807, 2.05) is 24.3 Å². The monoisotopic (exact) mass is 364 g/mol. The molecule has 3 amide bonds. The number of hydrogen-bond donors (Lipinski definition) is 4. The maximum absolute atomic E-state index is 12.1. The summed E-state index contributed by atoms with van der Waals surface area (Å²) in [7, 11) is 0. The van der Waals surface area contributed by atoms with Crippen molar-refractivity contribution in [2.24, 2.45) is 0 Å². The van der Waals surface area contributed by atoms with Crippen LogP contribution < -0.4 is 16.2 Å². The third-order valence-electron chi connectivity index (χ3n) is 4.01. The maximum Gasteiger partial charge on any atom is 0.242 e. The van der Waals surface area contributed by atoms with Gasteiger partial charge in [-0.25, -0.2) is 0 Å². The number of fused-ring (bicyclic) bond motifs is 1. The zero-order chi connectivity index (χ0) is 19.2. The van der Waals surface area contributed by atoms with Gasteiger partial charge in [0, 0.05) is 29.7 Å². The molecule has 0 atom stereocenters. The van der Waals surface area contributed by atoms with E-state index in [0.29, 0.717) is 5.69 Å². The molecule has 0 saturated carbocycles. The molecular formula is C20H20N4O3. The fraction of sp³-hybridized carbons (Fsp3) is 0.150. The molecule has 0 fully saturated rings. The van der Waals surface area contributed by atoms with Crippen LogP contribution in [0.15, 0.2) is 54.7 Å². The Kier molecular flexibility index (Phi) is 5.51. The van der Waals surface area contributed by atoms with Gasteiger partial charge in [-0.1, -0.05) is 30.3 Å². The third kappa shape index (κ3) is 4.94. The molecule has 4 N–H and O–H groups in total. The number of aromatic nitrogens is 1. The number of rotatable bonds is 5. The van der Waals surface area contributed by atoms with Gasteiger partial charge in [0.2, 0.25) is 17.7 Å². The molecule has 0 radical (unpaired) electrons. The van der Waals surface area contributed by atoms with Crippen LogP contribution in [0.1, 0.15) is 18.1 Å². The normalized spacial score (nSPS) is 10.4. The van der Waals surface area contributed by atoms with Crippen molar-refractivity contribution in [1.82, 2.24) is 15.8 Å².